The number of imidazole rings is 1. The van der Waals surface area contributed by atoms with Crippen LogP contribution in [0.25, 0.3) is 11.0 Å². The SMILES string of the molecule is Nc1nc2cc(I)ccc2n1Cc1sccc1Br. The molecule has 2 heterocycles. The first-order chi connectivity index (χ1) is 8.65. The second kappa shape index (κ2) is 4.82. The number of fused-ring (bicyclic) bond motifs is 1. The molecule has 0 aliphatic heterocycles. The number of benzene rings is 1. The summed E-state index contributed by atoms with van der Waals surface area (Å²) in [7, 11) is 0. The highest BCUT2D eigenvalue weighted by atomic mass is 127. The van der Waals surface area contributed by atoms with E-state index in [4.69, 9.17) is 5.73 Å². The first-order valence-corrected chi connectivity index (χ1v) is 8.03. The Bertz CT molecular complexity index is 719. The van der Waals surface area contributed by atoms with Crippen molar-refractivity contribution in [2.45, 2.75) is 6.54 Å². The van der Waals surface area contributed by atoms with Crippen molar-refractivity contribution in [1.29, 1.82) is 0 Å². The quantitative estimate of drug-likeness (QED) is 0.618. The van der Waals surface area contributed by atoms with Gasteiger partial charge in [-0.15, -0.1) is 11.3 Å². The van der Waals surface area contributed by atoms with Gasteiger partial charge in [0.2, 0.25) is 5.95 Å². The van der Waals surface area contributed by atoms with Gasteiger partial charge in [0.25, 0.3) is 0 Å². The normalized spacial score (nSPS) is 11.2. The summed E-state index contributed by atoms with van der Waals surface area (Å²) >= 11 is 7.54. The predicted octanol–water partition coefficient (Wildman–Crippen LogP) is 4.10. The van der Waals surface area contributed by atoms with Crippen LogP contribution in [0.2, 0.25) is 0 Å². The van der Waals surface area contributed by atoms with Gasteiger partial charge < -0.3 is 10.3 Å². The summed E-state index contributed by atoms with van der Waals surface area (Å²) in [5.74, 6) is 0.562. The topological polar surface area (TPSA) is 43.8 Å². The van der Waals surface area contributed by atoms with Gasteiger partial charge in [-0.3, -0.25) is 0 Å². The molecule has 0 aliphatic rings. The van der Waals surface area contributed by atoms with E-state index in [9.17, 15) is 0 Å². The van der Waals surface area contributed by atoms with Gasteiger partial charge in [-0.05, 0) is 68.2 Å². The van der Waals surface area contributed by atoms with E-state index in [1.807, 2.05) is 10.6 Å². The minimum atomic E-state index is 0.562. The van der Waals surface area contributed by atoms with Crippen LogP contribution < -0.4 is 5.73 Å². The average molecular weight is 434 g/mol. The summed E-state index contributed by atoms with van der Waals surface area (Å²) in [6.07, 6.45) is 0. The summed E-state index contributed by atoms with van der Waals surface area (Å²) in [5.41, 5.74) is 8.04. The fraction of sp³-hybridized carbons (Fsp3) is 0.0833. The van der Waals surface area contributed by atoms with Gasteiger partial charge in [0.05, 0.1) is 17.6 Å². The molecular weight excluding hydrogens is 425 g/mol. The average Bonchev–Trinajstić information content (AvgIpc) is 2.85. The number of nitrogens with zero attached hydrogens (tertiary/aromatic N) is 2. The van der Waals surface area contributed by atoms with E-state index in [0.717, 1.165) is 22.1 Å². The van der Waals surface area contributed by atoms with Crippen molar-refractivity contribution in [3.8, 4) is 0 Å². The number of aromatic nitrogens is 2. The van der Waals surface area contributed by atoms with Crippen LogP contribution in [0.4, 0.5) is 5.95 Å². The largest absolute Gasteiger partial charge is 0.369 e. The molecule has 0 spiro atoms. The summed E-state index contributed by atoms with van der Waals surface area (Å²) in [6, 6.07) is 8.25. The molecule has 1 aromatic carbocycles. The molecule has 3 rings (SSSR count). The molecule has 3 nitrogen and oxygen atoms in total. The summed E-state index contributed by atoms with van der Waals surface area (Å²) in [6.45, 7) is 0.751. The van der Waals surface area contributed by atoms with Gasteiger partial charge in [-0.2, -0.15) is 0 Å². The number of nitrogen functional groups attached to an aromatic ring is 1. The molecule has 92 valence electrons. The van der Waals surface area contributed by atoms with E-state index >= 15 is 0 Å². The Hall–Kier alpha value is -0.600. The summed E-state index contributed by atoms with van der Waals surface area (Å²) < 4.78 is 4.34. The smallest absolute Gasteiger partial charge is 0.201 e. The molecule has 0 aliphatic carbocycles. The number of hydrogen-bond donors (Lipinski definition) is 1. The first kappa shape index (κ1) is 12.4. The first-order valence-electron chi connectivity index (χ1n) is 5.28. The van der Waals surface area contributed by atoms with E-state index in [1.165, 1.54) is 8.45 Å². The van der Waals surface area contributed by atoms with Gasteiger partial charge in [-0.1, -0.05) is 0 Å². The fourth-order valence-electron chi connectivity index (χ4n) is 1.87. The van der Waals surface area contributed by atoms with Crippen LogP contribution in [0.3, 0.4) is 0 Å². The minimum absolute atomic E-state index is 0.562. The molecule has 0 amide bonds. The van der Waals surface area contributed by atoms with Crippen molar-refractivity contribution in [3.05, 3.63) is 42.6 Å². The van der Waals surface area contributed by atoms with E-state index in [0.29, 0.717) is 5.95 Å². The molecule has 2 N–H and O–H groups in total. The molecule has 0 unspecified atom stereocenters. The molecule has 2 aromatic heterocycles. The Morgan fingerprint density at radius 2 is 2.22 bits per heavy atom. The lowest BCUT2D eigenvalue weighted by atomic mass is 10.3. The van der Waals surface area contributed by atoms with E-state index < -0.39 is 0 Å². The zero-order chi connectivity index (χ0) is 12.7. The Labute approximate surface area is 130 Å². The van der Waals surface area contributed by atoms with Crippen LogP contribution in [0.15, 0.2) is 34.1 Å². The molecule has 18 heavy (non-hydrogen) atoms. The highest BCUT2D eigenvalue weighted by molar-refractivity contribution is 14.1. The van der Waals surface area contributed by atoms with Crippen LogP contribution in [-0.4, -0.2) is 9.55 Å². The molecule has 0 radical (unpaired) electrons. The van der Waals surface area contributed by atoms with Gasteiger partial charge in [-0.25, -0.2) is 4.98 Å². The molecule has 3 aromatic rings. The van der Waals surface area contributed by atoms with Gasteiger partial charge in [0, 0.05) is 12.9 Å². The van der Waals surface area contributed by atoms with Crippen LogP contribution in [0, 0.1) is 3.57 Å². The van der Waals surface area contributed by atoms with Crippen LogP contribution in [-0.2, 0) is 6.54 Å². The highest BCUT2D eigenvalue weighted by Gasteiger charge is 2.11. The van der Waals surface area contributed by atoms with Crippen molar-refractivity contribution in [1.82, 2.24) is 9.55 Å². The lowest BCUT2D eigenvalue weighted by Gasteiger charge is -2.05. The van der Waals surface area contributed by atoms with Crippen molar-refractivity contribution in [2.75, 3.05) is 5.73 Å². The Kier molecular flexibility index (Phi) is 3.33. The zero-order valence-corrected chi connectivity index (χ0v) is 13.8. The third-order valence-electron chi connectivity index (χ3n) is 2.73. The monoisotopic (exact) mass is 433 g/mol. The number of anilines is 1. The highest BCUT2D eigenvalue weighted by Crippen LogP contribution is 2.27. The molecular formula is C12H9BrIN3S. The number of halogens is 2. The van der Waals surface area contributed by atoms with Gasteiger partial charge in [0.1, 0.15) is 0 Å². The Morgan fingerprint density at radius 3 is 2.94 bits per heavy atom. The predicted molar refractivity (Wildman–Crippen MR) is 88.0 cm³/mol. The number of nitrogens with two attached hydrogens (primary N) is 1. The van der Waals surface area contributed by atoms with E-state index in [1.54, 1.807) is 11.3 Å². The number of thiophene rings is 1. The molecule has 6 heteroatoms. The maximum Gasteiger partial charge on any atom is 0.201 e. The summed E-state index contributed by atoms with van der Waals surface area (Å²) in [5, 5.41) is 2.07. The maximum absolute atomic E-state index is 6.01. The van der Waals surface area contributed by atoms with E-state index in [2.05, 4.69) is 67.1 Å². The van der Waals surface area contributed by atoms with Crippen molar-refractivity contribution in [2.24, 2.45) is 0 Å². The fourth-order valence-corrected chi connectivity index (χ4v) is 3.81. The van der Waals surface area contributed by atoms with E-state index in [-0.39, 0.29) is 0 Å². The maximum atomic E-state index is 6.01. The second-order valence-corrected chi connectivity index (χ2v) is 6.98. The molecule has 0 saturated heterocycles. The van der Waals surface area contributed by atoms with Gasteiger partial charge >= 0.3 is 0 Å². The minimum Gasteiger partial charge on any atom is -0.369 e. The van der Waals surface area contributed by atoms with Crippen LogP contribution in [0.5, 0.6) is 0 Å². The molecule has 0 saturated carbocycles. The van der Waals surface area contributed by atoms with Crippen molar-refractivity contribution >= 4 is 66.8 Å². The molecule has 0 bridgehead atoms. The molecule has 0 atom stereocenters. The standard InChI is InChI=1S/C12H9BrIN3S/c13-8-3-4-18-11(8)6-17-10-2-1-7(14)5-9(10)16-12(17)15/h1-5H,6H2,(H2,15,16). The Balaban J connectivity index is 2.11. The van der Waals surface area contributed by atoms with Crippen molar-refractivity contribution < 1.29 is 0 Å². The zero-order valence-electron chi connectivity index (χ0n) is 9.23. The van der Waals surface area contributed by atoms with Crippen molar-refractivity contribution in [3.63, 3.8) is 0 Å². The lowest BCUT2D eigenvalue weighted by molar-refractivity contribution is 0.850. The Morgan fingerprint density at radius 1 is 1.39 bits per heavy atom. The number of rotatable bonds is 2. The van der Waals surface area contributed by atoms with Crippen LogP contribution in [0.1, 0.15) is 4.88 Å². The van der Waals surface area contributed by atoms with Gasteiger partial charge in [0.15, 0.2) is 0 Å². The third kappa shape index (κ3) is 2.17. The summed E-state index contributed by atoms with van der Waals surface area (Å²) in [4.78, 5) is 5.66. The second-order valence-electron chi connectivity index (χ2n) is 3.88. The third-order valence-corrected chi connectivity index (χ3v) is 5.31. The molecule has 0 fully saturated rings. The lowest BCUT2D eigenvalue weighted by Crippen LogP contribution is -2.03. The van der Waals surface area contributed by atoms with Crippen LogP contribution >= 0.6 is 49.9 Å². The number of hydrogen-bond acceptors (Lipinski definition) is 3.